The number of hydrogen-bond acceptors (Lipinski definition) is 6. The van der Waals surface area contributed by atoms with Crippen molar-refractivity contribution < 1.29 is 4.92 Å². The molecule has 1 N–H and O–H groups in total. The summed E-state index contributed by atoms with van der Waals surface area (Å²) in [6.07, 6.45) is 4.68. The minimum Gasteiger partial charge on any atom is -0.360 e. The van der Waals surface area contributed by atoms with Crippen molar-refractivity contribution in [3.8, 4) is 0 Å². The zero-order valence-corrected chi connectivity index (χ0v) is 16.1. The van der Waals surface area contributed by atoms with Crippen molar-refractivity contribution in [3.05, 3.63) is 16.4 Å². The lowest BCUT2D eigenvalue weighted by Gasteiger charge is -2.39. The molecule has 2 atom stereocenters. The zero-order valence-electron chi connectivity index (χ0n) is 16.1. The summed E-state index contributed by atoms with van der Waals surface area (Å²) in [6.45, 7) is 13.6. The van der Waals surface area contributed by atoms with Crippen LogP contribution < -0.4 is 10.2 Å². The molecule has 3 rings (SSSR count). The lowest BCUT2D eigenvalue weighted by Crippen LogP contribution is -2.35. The molecule has 2 bridgehead atoms. The van der Waals surface area contributed by atoms with E-state index in [1.807, 2.05) is 20.8 Å². The maximum atomic E-state index is 11.8. The van der Waals surface area contributed by atoms with Gasteiger partial charge in [-0.1, -0.05) is 20.8 Å². The van der Waals surface area contributed by atoms with Crippen LogP contribution in [0.5, 0.6) is 0 Å². The molecule has 1 saturated heterocycles. The molecule has 7 nitrogen and oxygen atoms in total. The van der Waals surface area contributed by atoms with Gasteiger partial charge in [-0.05, 0) is 50.9 Å². The molecular weight excluding hydrogens is 318 g/mol. The molecule has 1 aromatic rings. The molecule has 0 aromatic carbocycles. The van der Waals surface area contributed by atoms with E-state index in [4.69, 9.17) is 0 Å². The van der Waals surface area contributed by atoms with Gasteiger partial charge in [0.1, 0.15) is 6.33 Å². The van der Waals surface area contributed by atoms with Crippen molar-refractivity contribution in [2.24, 2.45) is 10.8 Å². The Labute approximate surface area is 149 Å². The Hall–Kier alpha value is -1.92. The van der Waals surface area contributed by atoms with E-state index < -0.39 is 0 Å². The Morgan fingerprint density at radius 2 is 1.96 bits per heavy atom. The van der Waals surface area contributed by atoms with Crippen LogP contribution in [0.1, 0.15) is 60.8 Å². The number of nitrogens with zero attached hydrogens (tertiary/aromatic N) is 4. The topological polar surface area (TPSA) is 84.2 Å². The zero-order chi connectivity index (χ0) is 18.6. The average molecular weight is 347 g/mol. The molecule has 1 aliphatic carbocycles. The van der Waals surface area contributed by atoms with Crippen molar-refractivity contribution in [1.82, 2.24) is 9.97 Å². The highest BCUT2D eigenvalue weighted by Gasteiger charge is 2.51. The first kappa shape index (κ1) is 17.9. The van der Waals surface area contributed by atoms with Gasteiger partial charge in [-0.15, -0.1) is 0 Å². The lowest BCUT2D eigenvalue weighted by molar-refractivity contribution is -0.383. The fourth-order valence-electron chi connectivity index (χ4n) is 4.90. The first-order valence-corrected chi connectivity index (χ1v) is 8.93. The summed E-state index contributed by atoms with van der Waals surface area (Å²) in [5, 5.41) is 15.0. The minimum atomic E-state index is -0.348. The van der Waals surface area contributed by atoms with Crippen molar-refractivity contribution in [2.75, 3.05) is 16.8 Å². The van der Waals surface area contributed by atoms with Crippen LogP contribution in [-0.4, -0.2) is 33.0 Å². The number of fused-ring (bicyclic) bond motifs is 2. The Morgan fingerprint density at radius 3 is 2.56 bits per heavy atom. The van der Waals surface area contributed by atoms with E-state index in [-0.39, 0.29) is 27.0 Å². The quantitative estimate of drug-likeness (QED) is 0.657. The normalized spacial score (nSPS) is 28.1. The van der Waals surface area contributed by atoms with Crippen molar-refractivity contribution in [1.29, 1.82) is 0 Å². The van der Waals surface area contributed by atoms with Gasteiger partial charge in [-0.3, -0.25) is 10.1 Å². The van der Waals surface area contributed by atoms with Gasteiger partial charge in [0.2, 0.25) is 11.6 Å². The third-order valence-corrected chi connectivity index (χ3v) is 5.17. The maximum absolute atomic E-state index is 11.8. The van der Waals surface area contributed by atoms with Gasteiger partial charge in [0.25, 0.3) is 0 Å². The number of anilines is 2. The molecule has 0 radical (unpaired) electrons. The lowest BCUT2D eigenvalue weighted by atomic mass is 9.65. The second kappa shape index (κ2) is 5.54. The average Bonchev–Trinajstić information content (AvgIpc) is 2.65. The summed E-state index contributed by atoms with van der Waals surface area (Å²) in [7, 11) is 0. The fourth-order valence-corrected chi connectivity index (χ4v) is 4.90. The molecule has 0 spiro atoms. The van der Waals surface area contributed by atoms with E-state index in [0.717, 1.165) is 25.8 Å². The summed E-state index contributed by atoms with van der Waals surface area (Å²) in [5.74, 6) is 0.756. The van der Waals surface area contributed by atoms with Crippen LogP contribution in [-0.2, 0) is 0 Å². The molecule has 138 valence electrons. The predicted octanol–water partition coefficient (Wildman–Crippen LogP) is 4.00. The first-order chi connectivity index (χ1) is 11.4. The molecular formula is C18H29N5O2. The number of nitrogens with one attached hydrogen (secondary N) is 1. The predicted molar refractivity (Wildman–Crippen MR) is 98.9 cm³/mol. The van der Waals surface area contributed by atoms with Crippen molar-refractivity contribution >= 4 is 17.3 Å². The van der Waals surface area contributed by atoms with Gasteiger partial charge < -0.3 is 10.2 Å². The highest BCUT2D eigenvalue weighted by Crippen LogP contribution is 2.54. The number of aromatic nitrogens is 2. The minimum absolute atomic E-state index is 0.00798. The highest BCUT2D eigenvalue weighted by atomic mass is 16.6. The van der Waals surface area contributed by atoms with E-state index in [9.17, 15) is 10.1 Å². The Morgan fingerprint density at radius 1 is 1.28 bits per heavy atom. The number of nitro groups is 1. The van der Waals surface area contributed by atoms with Crippen LogP contribution in [0.25, 0.3) is 0 Å². The smallest absolute Gasteiger partial charge is 0.353 e. The molecule has 2 unspecified atom stereocenters. The summed E-state index contributed by atoms with van der Waals surface area (Å²) in [6, 6.07) is 0.296. The number of rotatable bonds is 3. The van der Waals surface area contributed by atoms with Crippen LogP contribution in [0.2, 0.25) is 0 Å². The van der Waals surface area contributed by atoms with E-state index in [1.165, 1.54) is 6.33 Å². The van der Waals surface area contributed by atoms with E-state index >= 15 is 0 Å². The SMILES string of the molecule is CC1(C)CC2CC(C)(CN2c2ncnc(NC(C)(C)C)c2[N+](=O)[O-])C1. The van der Waals surface area contributed by atoms with Crippen LogP contribution >= 0.6 is 0 Å². The van der Waals surface area contributed by atoms with Gasteiger partial charge in [0, 0.05) is 18.1 Å². The van der Waals surface area contributed by atoms with Gasteiger partial charge in [0.15, 0.2) is 0 Å². The molecule has 2 heterocycles. The Balaban J connectivity index is 2.03. The molecule has 2 fully saturated rings. The van der Waals surface area contributed by atoms with Gasteiger partial charge in [-0.2, -0.15) is 0 Å². The third kappa shape index (κ3) is 3.55. The monoisotopic (exact) mass is 347 g/mol. The maximum Gasteiger partial charge on any atom is 0.353 e. The highest BCUT2D eigenvalue weighted by molar-refractivity contribution is 5.71. The van der Waals surface area contributed by atoms with Crippen LogP contribution in [0, 0.1) is 20.9 Å². The second-order valence-corrected chi connectivity index (χ2v) is 9.87. The van der Waals surface area contributed by atoms with Crippen molar-refractivity contribution in [2.45, 2.75) is 72.4 Å². The van der Waals surface area contributed by atoms with E-state index in [1.54, 1.807) is 0 Å². The summed E-state index contributed by atoms with van der Waals surface area (Å²) >= 11 is 0. The molecule has 1 aromatic heterocycles. The van der Waals surface area contributed by atoms with E-state index in [0.29, 0.717) is 17.7 Å². The van der Waals surface area contributed by atoms with Gasteiger partial charge >= 0.3 is 5.69 Å². The van der Waals surface area contributed by atoms with Gasteiger partial charge in [-0.25, -0.2) is 9.97 Å². The molecule has 1 aliphatic heterocycles. The van der Waals surface area contributed by atoms with Crippen LogP contribution in [0.4, 0.5) is 17.3 Å². The summed E-state index contributed by atoms with van der Waals surface area (Å²) in [5.41, 5.74) is 0.112. The fraction of sp³-hybridized carbons (Fsp3) is 0.778. The van der Waals surface area contributed by atoms with E-state index in [2.05, 4.69) is 41.0 Å². The second-order valence-electron chi connectivity index (χ2n) is 9.87. The molecule has 1 saturated carbocycles. The molecule has 2 aliphatic rings. The number of hydrogen-bond donors (Lipinski definition) is 1. The van der Waals surface area contributed by atoms with Crippen LogP contribution in [0.15, 0.2) is 6.33 Å². The first-order valence-electron chi connectivity index (χ1n) is 8.93. The van der Waals surface area contributed by atoms with Gasteiger partial charge in [0.05, 0.1) is 4.92 Å². The third-order valence-electron chi connectivity index (χ3n) is 5.17. The van der Waals surface area contributed by atoms with Crippen molar-refractivity contribution in [3.63, 3.8) is 0 Å². The standard InChI is InChI=1S/C18H29N5O2/c1-16(2,3)21-14-13(23(24)25)15(20-11-19-14)22-10-18(6)8-12(22)7-17(4,5)9-18/h11-12H,7-10H2,1-6H3,(H,19,20,21). The summed E-state index contributed by atoms with van der Waals surface area (Å²) < 4.78 is 0. The molecule has 7 heteroatoms. The largest absolute Gasteiger partial charge is 0.360 e. The molecule has 25 heavy (non-hydrogen) atoms. The Kier molecular flexibility index (Phi) is 3.96. The Bertz CT molecular complexity index is 697. The summed E-state index contributed by atoms with van der Waals surface area (Å²) in [4.78, 5) is 22.2. The molecule has 0 amide bonds. The van der Waals surface area contributed by atoms with Crippen LogP contribution in [0.3, 0.4) is 0 Å².